The Morgan fingerprint density at radius 1 is 1.41 bits per heavy atom. The summed E-state index contributed by atoms with van der Waals surface area (Å²) in [6.45, 7) is 11.3. The van der Waals surface area contributed by atoms with Gasteiger partial charge in [-0.2, -0.15) is 0 Å². The first-order chi connectivity index (χ1) is 8.17. The average Bonchev–Trinajstić information content (AvgIpc) is 2.34. The Morgan fingerprint density at radius 3 is 2.71 bits per heavy atom. The topological polar surface area (TPSA) is 44.4 Å². The highest BCUT2D eigenvalue weighted by Gasteiger charge is 2.24. The van der Waals surface area contributed by atoms with Crippen LogP contribution >= 0.6 is 0 Å². The SMILES string of the molecule is CCN(CC)CCNC(=O)C1CCNC(C)C1. The molecule has 1 aliphatic rings. The molecule has 17 heavy (non-hydrogen) atoms. The van der Waals surface area contributed by atoms with Crippen molar-refractivity contribution in [1.29, 1.82) is 0 Å². The van der Waals surface area contributed by atoms with E-state index in [2.05, 4.69) is 36.3 Å². The monoisotopic (exact) mass is 241 g/mol. The van der Waals surface area contributed by atoms with Crippen molar-refractivity contribution in [2.75, 3.05) is 32.7 Å². The summed E-state index contributed by atoms with van der Waals surface area (Å²) >= 11 is 0. The van der Waals surface area contributed by atoms with Crippen LogP contribution in [0.1, 0.15) is 33.6 Å². The Hall–Kier alpha value is -0.610. The number of carbonyl (C=O) groups excluding carboxylic acids is 1. The minimum atomic E-state index is 0.211. The van der Waals surface area contributed by atoms with Crippen molar-refractivity contribution in [3.63, 3.8) is 0 Å². The number of amides is 1. The molecule has 0 aliphatic carbocycles. The van der Waals surface area contributed by atoms with Crippen molar-refractivity contribution in [3.05, 3.63) is 0 Å². The van der Waals surface area contributed by atoms with Gasteiger partial charge in [-0.1, -0.05) is 13.8 Å². The van der Waals surface area contributed by atoms with E-state index in [0.29, 0.717) is 6.04 Å². The Labute approximate surface area is 105 Å². The summed E-state index contributed by atoms with van der Waals surface area (Å²) in [6.07, 6.45) is 1.94. The number of nitrogens with zero attached hydrogens (tertiary/aromatic N) is 1. The van der Waals surface area contributed by atoms with E-state index in [-0.39, 0.29) is 11.8 Å². The number of likely N-dealkylation sites (N-methyl/N-ethyl adjacent to an activating group) is 1. The van der Waals surface area contributed by atoms with E-state index in [1.54, 1.807) is 0 Å². The molecule has 1 heterocycles. The maximum atomic E-state index is 11.9. The maximum Gasteiger partial charge on any atom is 0.223 e. The van der Waals surface area contributed by atoms with Crippen molar-refractivity contribution >= 4 is 5.91 Å². The molecule has 1 rings (SSSR count). The summed E-state index contributed by atoms with van der Waals surface area (Å²) in [5.41, 5.74) is 0. The fraction of sp³-hybridized carbons (Fsp3) is 0.923. The zero-order valence-corrected chi connectivity index (χ0v) is 11.5. The van der Waals surface area contributed by atoms with Crippen LogP contribution in [0, 0.1) is 5.92 Å². The Morgan fingerprint density at radius 2 is 2.12 bits per heavy atom. The van der Waals surface area contributed by atoms with Crippen molar-refractivity contribution in [2.45, 2.75) is 39.7 Å². The highest BCUT2D eigenvalue weighted by Crippen LogP contribution is 2.15. The third-order valence-corrected chi connectivity index (χ3v) is 3.62. The molecule has 4 nitrogen and oxygen atoms in total. The Kier molecular flexibility index (Phi) is 6.52. The average molecular weight is 241 g/mol. The van der Waals surface area contributed by atoms with Crippen LogP contribution in [-0.2, 0) is 4.79 Å². The first-order valence-electron chi connectivity index (χ1n) is 6.90. The molecule has 1 fully saturated rings. The van der Waals surface area contributed by atoms with Gasteiger partial charge >= 0.3 is 0 Å². The lowest BCUT2D eigenvalue weighted by Gasteiger charge is -2.27. The molecule has 0 spiro atoms. The van der Waals surface area contributed by atoms with Crippen LogP contribution in [0.3, 0.4) is 0 Å². The molecule has 0 aromatic carbocycles. The zero-order chi connectivity index (χ0) is 12.7. The molecule has 100 valence electrons. The van der Waals surface area contributed by atoms with Crippen LogP contribution in [0.15, 0.2) is 0 Å². The fourth-order valence-corrected chi connectivity index (χ4v) is 2.39. The van der Waals surface area contributed by atoms with Crippen LogP contribution in [-0.4, -0.2) is 49.6 Å². The number of hydrogen-bond donors (Lipinski definition) is 2. The van der Waals surface area contributed by atoms with Crippen LogP contribution < -0.4 is 10.6 Å². The summed E-state index contributed by atoms with van der Waals surface area (Å²) in [4.78, 5) is 14.3. The Bertz CT molecular complexity index is 229. The van der Waals surface area contributed by atoms with Gasteiger partial charge < -0.3 is 15.5 Å². The van der Waals surface area contributed by atoms with E-state index in [4.69, 9.17) is 0 Å². The molecule has 1 aliphatic heterocycles. The fourth-order valence-electron chi connectivity index (χ4n) is 2.39. The van der Waals surface area contributed by atoms with E-state index in [1.165, 1.54) is 0 Å². The van der Waals surface area contributed by atoms with E-state index in [9.17, 15) is 4.79 Å². The minimum Gasteiger partial charge on any atom is -0.355 e. The van der Waals surface area contributed by atoms with Gasteiger partial charge in [0, 0.05) is 25.0 Å². The predicted molar refractivity (Wildman–Crippen MR) is 71.0 cm³/mol. The third kappa shape index (κ3) is 5.04. The second kappa shape index (κ2) is 7.67. The van der Waals surface area contributed by atoms with Crippen LogP contribution in [0.2, 0.25) is 0 Å². The lowest BCUT2D eigenvalue weighted by molar-refractivity contribution is -0.126. The van der Waals surface area contributed by atoms with Crippen molar-refractivity contribution < 1.29 is 4.79 Å². The largest absolute Gasteiger partial charge is 0.355 e. The van der Waals surface area contributed by atoms with E-state index in [0.717, 1.165) is 45.6 Å². The maximum absolute atomic E-state index is 11.9. The molecule has 0 aromatic rings. The standard InChI is InChI=1S/C13H27N3O/c1-4-16(5-2)9-8-15-13(17)12-6-7-14-11(3)10-12/h11-12,14H,4-10H2,1-3H3,(H,15,17). The second-order valence-electron chi connectivity index (χ2n) is 4.89. The first kappa shape index (κ1) is 14.5. The van der Waals surface area contributed by atoms with E-state index in [1.807, 2.05) is 0 Å². The van der Waals surface area contributed by atoms with Crippen molar-refractivity contribution in [1.82, 2.24) is 15.5 Å². The smallest absolute Gasteiger partial charge is 0.223 e. The predicted octanol–water partition coefficient (Wildman–Crippen LogP) is 0.833. The molecule has 1 saturated heterocycles. The highest BCUT2D eigenvalue weighted by molar-refractivity contribution is 5.78. The Balaban J connectivity index is 2.20. The molecule has 2 unspecified atom stereocenters. The number of nitrogens with one attached hydrogen (secondary N) is 2. The van der Waals surface area contributed by atoms with Gasteiger partial charge in [-0.3, -0.25) is 4.79 Å². The molecule has 4 heteroatoms. The summed E-state index contributed by atoms with van der Waals surface area (Å²) < 4.78 is 0. The summed E-state index contributed by atoms with van der Waals surface area (Å²) in [5, 5.41) is 6.43. The lowest BCUT2D eigenvalue weighted by atomic mass is 9.92. The number of hydrogen-bond acceptors (Lipinski definition) is 3. The van der Waals surface area contributed by atoms with Crippen LogP contribution in [0.5, 0.6) is 0 Å². The lowest BCUT2D eigenvalue weighted by Crippen LogP contribution is -2.44. The van der Waals surface area contributed by atoms with Crippen molar-refractivity contribution in [2.24, 2.45) is 5.92 Å². The van der Waals surface area contributed by atoms with Gasteiger partial charge in [0.2, 0.25) is 5.91 Å². The first-order valence-corrected chi connectivity index (χ1v) is 6.90. The third-order valence-electron chi connectivity index (χ3n) is 3.62. The molecule has 0 aromatic heterocycles. The zero-order valence-electron chi connectivity index (χ0n) is 11.5. The molecular weight excluding hydrogens is 214 g/mol. The van der Waals surface area contributed by atoms with E-state index >= 15 is 0 Å². The normalized spacial score (nSPS) is 24.9. The summed E-state index contributed by atoms with van der Waals surface area (Å²) in [6, 6.07) is 0.474. The molecule has 2 N–H and O–H groups in total. The second-order valence-corrected chi connectivity index (χ2v) is 4.89. The molecule has 1 amide bonds. The van der Waals surface area contributed by atoms with Gasteiger partial charge in [-0.15, -0.1) is 0 Å². The highest BCUT2D eigenvalue weighted by atomic mass is 16.1. The quantitative estimate of drug-likeness (QED) is 0.724. The number of rotatable bonds is 6. The van der Waals surface area contributed by atoms with Gasteiger partial charge in [0.15, 0.2) is 0 Å². The van der Waals surface area contributed by atoms with Gasteiger partial charge in [0.25, 0.3) is 0 Å². The van der Waals surface area contributed by atoms with Gasteiger partial charge in [0.1, 0.15) is 0 Å². The van der Waals surface area contributed by atoms with Gasteiger partial charge in [-0.25, -0.2) is 0 Å². The molecular formula is C13H27N3O. The molecule has 0 bridgehead atoms. The van der Waals surface area contributed by atoms with E-state index < -0.39 is 0 Å². The number of carbonyl (C=O) groups is 1. The van der Waals surface area contributed by atoms with Gasteiger partial charge in [-0.05, 0) is 39.4 Å². The van der Waals surface area contributed by atoms with Crippen LogP contribution in [0.4, 0.5) is 0 Å². The summed E-state index contributed by atoms with van der Waals surface area (Å²) in [7, 11) is 0. The molecule has 2 atom stereocenters. The molecule has 0 radical (unpaired) electrons. The van der Waals surface area contributed by atoms with Gasteiger partial charge in [0.05, 0.1) is 0 Å². The number of piperidine rings is 1. The summed E-state index contributed by atoms with van der Waals surface area (Å²) in [5.74, 6) is 0.452. The molecule has 0 saturated carbocycles. The van der Waals surface area contributed by atoms with Crippen molar-refractivity contribution in [3.8, 4) is 0 Å². The van der Waals surface area contributed by atoms with Crippen LogP contribution in [0.25, 0.3) is 0 Å². The minimum absolute atomic E-state index is 0.211.